The molecule has 0 radical (unpaired) electrons. The summed E-state index contributed by atoms with van der Waals surface area (Å²) in [6.07, 6.45) is 5.38. The van der Waals surface area contributed by atoms with E-state index in [4.69, 9.17) is 14.2 Å². The molecule has 32 heavy (non-hydrogen) atoms. The van der Waals surface area contributed by atoms with Crippen molar-refractivity contribution in [2.75, 3.05) is 39.2 Å². The van der Waals surface area contributed by atoms with E-state index in [9.17, 15) is 0 Å². The lowest BCUT2D eigenvalue weighted by molar-refractivity contribution is -0.174. The van der Waals surface area contributed by atoms with E-state index in [-0.39, 0.29) is 17.1 Å². The van der Waals surface area contributed by atoms with E-state index in [1.165, 1.54) is 5.56 Å². The predicted octanol–water partition coefficient (Wildman–Crippen LogP) is 4.66. The Hall–Kier alpha value is -2.31. The monoisotopic (exact) mass is 437 g/mol. The Bertz CT molecular complexity index is 969. The normalized spacial score (nSPS) is 26.0. The van der Waals surface area contributed by atoms with Crippen LogP contribution in [0.3, 0.4) is 0 Å². The summed E-state index contributed by atoms with van der Waals surface area (Å²) in [4.78, 5) is 7.01. The van der Waals surface area contributed by atoms with Gasteiger partial charge in [-0.3, -0.25) is 4.90 Å². The quantitative estimate of drug-likeness (QED) is 0.751. The topological polar surface area (TPSA) is 55.9 Å². The van der Waals surface area contributed by atoms with Gasteiger partial charge < -0.3 is 19.5 Å². The number of pyridine rings is 1. The van der Waals surface area contributed by atoms with Crippen molar-refractivity contribution in [2.45, 2.75) is 51.4 Å². The Balaban J connectivity index is 1.30. The average molecular weight is 438 g/mol. The number of ether oxygens (including phenoxy) is 3. The summed E-state index contributed by atoms with van der Waals surface area (Å²) in [6, 6.07) is 10.3. The number of benzene rings is 1. The van der Waals surface area contributed by atoms with Gasteiger partial charge in [0.25, 0.3) is 0 Å². The summed E-state index contributed by atoms with van der Waals surface area (Å²) in [6.45, 7) is 8.35. The zero-order valence-corrected chi connectivity index (χ0v) is 19.7. The van der Waals surface area contributed by atoms with Gasteiger partial charge in [-0.25, -0.2) is 4.98 Å². The van der Waals surface area contributed by atoms with Gasteiger partial charge in [0.05, 0.1) is 19.8 Å². The van der Waals surface area contributed by atoms with Crippen molar-refractivity contribution in [1.29, 1.82) is 0 Å². The van der Waals surface area contributed by atoms with Crippen molar-refractivity contribution in [1.82, 2.24) is 9.88 Å². The molecule has 2 atom stereocenters. The van der Waals surface area contributed by atoms with Gasteiger partial charge in [0.15, 0.2) is 11.5 Å². The highest BCUT2D eigenvalue weighted by Crippen LogP contribution is 2.57. The molecule has 0 unspecified atom stereocenters. The molecule has 172 valence electrons. The third-order valence-corrected chi connectivity index (χ3v) is 7.82. The van der Waals surface area contributed by atoms with Crippen LogP contribution >= 0.6 is 0 Å². The Labute approximate surface area is 191 Å². The molecule has 5 rings (SSSR count). The summed E-state index contributed by atoms with van der Waals surface area (Å²) in [5, 5.41) is 3.22. The van der Waals surface area contributed by atoms with E-state index in [1.54, 1.807) is 7.11 Å². The number of anilines is 1. The van der Waals surface area contributed by atoms with Gasteiger partial charge in [-0.05, 0) is 63.7 Å². The molecule has 3 aliphatic heterocycles. The third kappa shape index (κ3) is 3.73. The highest BCUT2D eigenvalue weighted by atomic mass is 16.5. The van der Waals surface area contributed by atoms with Gasteiger partial charge in [0.2, 0.25) is 0 Å². The zero-order chi connectivity index (χ0) is 22.3. The molecule has 1 aromatic heterocycles. The second kappa shape index (κ2) is 8.23. The molecule has 0 amide bonds. The van der Waals surface area contributed by atoms with E-state index >= 15 is 0 Å². The number of para-hydroxylation sites is 1. The van der Waals surface area contributed by atoms with Crippen molar-refractivity contribution >= 4 is 5.82 Å². The largest absolute Gasteiger partial charge is 0.493 e. The Kier molecular flexibility index (Phi) is 5.54. The highest BCUT2D eigenvalue weighted by molar-refractivity contribution is 5.50. The Morgan fingerprint density at radius 3 is 2.75 bits per heavy atom. The van der Waals surface area contributed by atoms with Gasteiger partial charge in [-0.1, -0.05) is 18.2 Å². The molecular weight excluding hydrogens is 402 g/mol. The van der Waals surface area contributed by atoms with Crippen LogP contribution in [0.15, 0.2) is 36.5 Å². The van der Waals surface area contributed by atoms with Crippen LogP contribution in [0.5, 0.6) is 11.5 Å². The predicted molar refractivity (Wildman–Crippen MR) is 125 cm³/mol. The van der Waals surface area contributed by atoms with Crippen LogP contribution in [0, 0.1) is 11.3 Å². The molecular formula is C26H35N3O3. The number of fused-ring (bicyclic) bond motifs is 3. The maximum absolute atomic E-state index is 6.65. The van der Waals surface area contributed by atoms with E-state index in [1.807, 2.05) is 31.4 Å². The molecule has 3 aliphatic rings. The van der Waals surface area contributed by atoms with Crippen molar-refractivity contribution in [3.05, 3.63) is 47.7 Å². The standard InChI is InChI=1S/C26H35N3O3/c1-25(2)20-15-26(17-31-22(20)19-8-5-9-21(30-4)23(19)32-25)10-13-29(14-11-26)16-18-7-6-12-28-24(18)27-3/h5-9,12,20,22H,10-11,13-17H2,1-4H3,(H,27,28)/t20-,22+/m0/s1. The van der Waals surface area contributed by atoms with Gasteiger partial charge >= 0.3 is 0 Å². The SMILES string of the molecule is CNc1ncccc1CN1CCC2(CC1)CO[C@@H]1c3cccc(OC)c3OC(C)(C)[C@H]1C2. The van der Waals surface area contributed by atoms with Crippen LogP contribution in [0.25, 0.3) is 0 Å². The number of rotatable bonds is 4. The van der Waals surface area contributed by atoms with Gasteiger partial charge in [0.1, 0.15) is 11.4 Å². The number of hydrogen-bond donors (Lipinski definition) is 1. The molecule has 0 aliphatic carbocycles. The second-order valence-corrected chi connectivity index (χ2v) is 10.2. The van der Waals surface area contributed by atoms with Crippen molar-refractivity contribution in [2.24, 2.45) is 11.3 Å². The van der Waals surface area contributed by atoms with Gasteiger partial charge in [-0.15, -0.1) is 0 Å². The first-order chi connectivity index (χ1) is 15.4. The first-order valence-electron chi connectivity index (χ1n) is 11.8. The van der Waals surface area contributed by atoms with Gasteiger partial charge in [0, 0.05) is 36.8 Å². The summed E-state index contributed by atoms with van der Waals surface area (Å²) < 4.78 is 18.8. The first kappa shape index (κ1) is 21.5. The highest BCUT2D eigenvalue weighted by Gasteiger charge is 2.53. The molecule has 2 aromatic rings. The molecule has 2 fully saturated rings. The van der Waals surface area contributed by atoms with Crippen molar-refractivity contribution in [3.8, 4) is 11.5 Å². The molecule has 1 aromatic carbocycles. The molecule has 0 saturated carbocycles. The number of methoxy groups -OCH3 is 1. The molecule has 0 bridgehead atoms. The fourth-order valence-corrected chi connectivity index (χ4v) is 5.86. The number of likely N-dealkylation sites (tertiary alicyclic amines) is 1. The molecule has 6 heteroatoms. The molecule has 2 saturated heterocycles. The van der Waals surface area contributed by atoms with E-state index in [0.29, 0.717) is 5.92 Å². The van der Waals surface area contributed by atoms with Crippen LogP contribution < -0.4 is 14.8 Å². The lowest BCUT2D eigenvalue weighted by Crippen LogP contribution is -2.54. The minimum Gasteiger partial charge on any atom is -0.493 e. The maximum Gasteiger partial charge on any atom is 0.167 e. The van der Waals surface area contributed by atoms with Crippen LogP contribution in [0.2, 0.25) is 0 Å². The van der Waals surface area contributed by atoms with Crippen LogP contribution in [-0.4, -0.2) is 49.3 Å². The third-order valence-electron chi connectivity index (χ3n) is 7.82. The fraction of sp³-hybridized carbons (Fsp3) is 0.577. The summed E-state index contributed by atoms with van der Waals surface area (Å²) in [7, 11) is 3.64. The smallest absolute Gasteiger partial charge is 0.167 e. The Morgan fingerprint density at radius 2 is 2.00 bits per heavy atom. The average Bonchev–Trinajstić information content (AvgIpc) is 2.81. The molecule has 1 spiro atoms. The molecule has 6 nitrogen and oxygen atoms in total. The van der Waals surface area contributed by atoms with Crippen LogP contribution in [-0.2, 0) is 11.3 Å². The van der Waals surface area contributed by atoms with Crippen molar-refractivity contribution in [3.63, 3.8) is 0 Å². The second-order valence-electron chi connectivity index (χ2n) is 10.2. The first-order valence-corrected chi connectivity index (χ1v) is 11.8. The van der Waals surface area contributed by atoms with Crippen LogP contribution in [0.1, 0.15) is 50.3 Å². The number of nitrogens with one attached hydrogen (secondary N) is 1. The lowest BCUT2D eigenvalue weighted by Gasteiger charge is -2.54. The number of piperidine rings is 1. The maximum atomic E-state index is 6.65. The van der Waals surface area contributed by atoms with E-state index in [2.05, 4.69) is 41.2 Å². The summed E-state index contributed by atoms with van der Waals surface area (Å²) in [5.41, 5.74) is 2.33. The zero-order valence-electron chi connectivity index (χ0n) is 19.7. The fourth-order valence-electron chi connectivity index (χ4n) is 5.86. The van der Waals surface area contributed by atoms with E-state index in [0.717, 1.165) is 68.4 Å². The van der Waals surface area contributed by atoms with Gasteiger partial charge in [-0.2, -0.15) is 0 Å². The summed E-state index contributed by atoms with van der Waals surface area (Å²) >= 11 is 0. The summed E-state index contributed by atoms with van der Waals surface area (Å²) in [5.74, 6) is 2.95. The lowest BCUT2D eigenvalue weighted by atomic mass is 9.64. The minimum atomic E-state index is -0.297. The minimum absolute atomic E-state index is 0.0704. The number of nitrogens with zero attached hydrogens (tertiary/aromatic N) is 2. The number of hydrogen-bond acceptors (Lipinski definition) is 6. The van der Waals surface area contributed by atoms with Crippen LogP contribution in [0.4, 0.5) is 5.82 Å². The molecule has 4 heterocycles. The Morgan fingerprint density at radius 1 is 1.19 bits per heavy atom. The van der Waals surface area contributed by atoms with Crippen molar-refractivity contribution < 1.29 is 14.2 Å². The number of aromatic nitrogens is 1. The molecule has 1 N–H and O–H groups in total. The van der Waals surface area contributed by atoms with E-state index < -0.39 is 0 Å².